The third-order valence-electron chi connectivity index (χ3n) is 3.66. The van der Waals surface area contributed by atoms with Crippen LogP contribution in [0, 0.1) is 0 Å². The van der Waals surface area contributed by atoms with Crippen LogP contribution in [0.3, 0.4) is 0 Å². The molecule has 0 aromatic heterocycles. The normalized spacial score (nSPS) is 13.6. The summed E-state index contributed by atoms with van der Waals surface area (Å²) in [7, 11) is 0. The van der Waals surface area contributed by atoms with Gasteiger partial charge in [0.15, 0.2) is 0 Å². The molecule has 0 spiro atoms. The molecule has 0 aliphatic carbocycles. The zero-order valence-electron chi connectivity index (χ0n) is 13.6. The molecule has 1 aromatic rings. The fourth-order valence-electron chi connectivity index (χ4n) is 2.17. The van der Waals surface area contributed by atoms with Gasteiger partial charge in [0.1, 0.15) is 0 Å². The van der Waals surface area contributed by atoms with E-state index in [0.717, 1.165) is 25.3 Å². The smallest absolute Gasteiger partial charge is 0.0839 e. The Balaban J connectivity index is 2.46. The lowest BCUT2D eigenvalue weighted by atomic mass is 9.87. The number of benzene rings is 1. The molecule has 1 unspecified atom stereocenters. The van der Waals surface area contributed by atoms with Gasteiger partial charge in [0, 0.05) is 18.8 Å². The Bertz CT molecular complexity index is 377. The zero-order chi connectivity index (χ0) is 15.2. The number of nitrogens with one attached hydrogen (secondary N) is 1. The number of likely N-dealkylation sites (N-methyl/N-ethyl adjacent to an activating group) is 1. The minimum Gasteiger partial charge on any atom is -0.390 e. The van der Waals surface area contributed by atoms with Crippen molar-refractivity contribution in [3.63, 3.8) is 0 Å². The summed E-state index contributed by atoms with van der Waals surface area (Å²) in [6.45, 7) is 14.1. The van der Waals surface area contributed by atoms with E-state index in [1.807, 2.05) is 0 Å². The molecule has 1 rings (SSSR count). The maximum Gasteiger partial charge on any atom is 0.0839 e. The summed E-state index contributed by atoms with van der Waals surface area (Å²) < 4.78 is 0. The Morgan fingerprint density at radius 1 is 1.10 bits per heavy atom. The van der Waals surface area contributed by atoms with Crippen molar-refractivity contribution in [3.8, 4) is 0 Å². The number of hydrogen-bond donors (Lipinski definition) is 2. The predicted molar refractivity (Wildman–Crippen MR) is 87.4 cm³/mol. The lowest BCUT2D eigenvalue weighted by Gasteiger charge is -2.23. The van der Waals surface area contributed by atoms with Crippen LogP contribution in [-0.2, 0) is 5.41 Å². The van der Waals surface area contributed by atoms with E-state index >= 15 is 0 Å². The van der Waals surface area contributed by atoms with Gasteiger partial charge in [-0.1, -0.05) is 46.8 Å². The Morgan fingerprint density at radius 3 is 2.10 bits per heavy atom. The maximum absolute atomic E-state index is 10.0. The molecule has 0 aliphatic rings. The standard InChI is InChI=1S/C17H30N2O/c1-6-19(7-2)13-16(20)12-18-15-10-8-14(9-11-15)17(3,4)5/h8-11,16,18,20H,6-7,12-13H2,1-5H3. The van der Waals surface area contributed by atoms with Crippen LogP contribution in [0.1, 0.15) is 40.2 Å². The zero-order valence-corrected chi connectivity index (χ0v) is 13.6. The van der Waals surface area contributed by atoms with Crippen molar-refractivity contribution in [2.75, 3.05) is 31.5 Å². The Labute approximate surface area is 124 Å². The summed E-state index contributed by atoms with van der Waals surface area (Å²) >= 11 is 0. The predicted octanol–water partition coefficient (Wildman–Crippen LogP) is 3.10. The third-order valence-corrected chi connectivity index (χ3v) is 3.66. The van der Waals surface area contributed by atoms with Crippen LogP contribution in [0.5, 0.6) is 0 Å². The van der Waals surface area contributed by atoms with Crippen molar-refractivity contribution >= 4 is 5.69 Å². The van der Waals surface area contributed by atoms with Crippen molar-refractivity contribution in [1.29, 1.82) is 0 Å². The SMILES string of the molecule is CCN(CC)CC(O)CNc1ccc(C(C)(C)C)cc1. The van der Waals surface area contributed by atoms with E-state index in [0.29, 0.717) is 6.54 Å². The monoisotopic (exact) mass is 278 g/mol. The van der Waals surface area contributed by atoms with Gasteiger partial charge in [0.05, 0.1) is 6.10 Å². The summed E-state index contributed by atoms with van der Waals surface area (Å²) in [5.74, 6) is 0. The third kappa shape index (κ3) is 5.51. The van der Waals surface area contributed by atoms with Crippen LogP contribution in [0.25, 0.3) is 0 Å². The van der Waals surface area contributed by atoms with Gasteiger partial charge in [-0.05, 0) is 36.2 Å². The van der Waals surface area contributed by atoms with Crippen molar-refractivity contribution in [2.24, 2.45) is 0 Å². The van der Waals surface area contributed by atoms with E-state index in [2.05, 4.69) is 69.1 Å². The highest BCUT2D eigenvalue weighted by molar-refractivity contribution is 5.45. The minimum absolute atomic E-state index is 0.181. The highest BCUT2D eigenvalue weighted by atomic mass is 16.3. The first-order chi connectivity index (χ1) is 9.36. The first-order valence-electron chi connectivity index (χ1n) is 7.61. The molecule has 3 heteroatoms. The van der Waals surface area contributed by atoms with E-state index in [4.69, 9.17) is 0 Å². The Kier molecular flexibility index (Phi) is 6.50. The Hall–Kier alpha value is -1.06. The number of anilines is 1. The average molecular weight is 278 g/mol. The lowest BCUT2D eigenvalue weighted by molar-refractivity contribution is 0.128. The molecule has 20 heavy (non-hydrogen) atoms. The average Bonchev–Trinajstić information content (AvgIpc) is 2.42. The van der Waals surface area contributed by atoms with Gasteiger partial charge in [0.2, 0.25) is 0 Å². The molecule has 0 saturated carbocycles. The molecular weight excluding hydrogens is 248 g/mol. The van der Waals surface area contributed by atoms with Crippen LogP contribution >= 0.6 is 0 Å². The molecule has 0 amide bonds. The largest absolute Gasteiger partial charge is 0.390 e. The van der Waals surface area contributed by atoms with Gasteiger partial charge in [-0.25, -0.2) is 0 Å². The molecule has 0 heterocycles. The van der Waals surface area contributed by atoms with E-state index in [1.54, 1.807) is 0 Å². The molecular formula is C17H30N2O. The Morgan fingerprint density at radius 2 is 1.65 bits per heavy atom. The fraction of sp³-hybridized carbons (Fsp3) is 0.647. The van der Waals surface area contributed by atoms with Gasteiger partial charge in [-0.3, -0.25) is 0 Å². The quantitative estimate of drug-likeness (QED) is 0.804. The molecule has 2 N–H and O–H groups in total. The number of aliphatic hydroxyl groups is 1. The van der Waals surface area contributed by atoms with Crippen LogP contribution in [0.15, 0.2) is 24.3 Å². The van der Waals surface area contributed by atoms with Crippen molar-refractivity contribution in [1.82, 2.24) is 4.90 Å². The highest BCUT2D eigenvalue weighted by Gasteiger charge is 2.13. The second-order valence-electron chi connectivity index (χ2n) is 6.35. The molecule has 0 aliphatic heterocycles. The van der Waals surface area contributed by atoms with Crippen LogP contribution in [0.4, 0.5) is 5.69 Å². The van der Waals surface area contributed by atoms with Crippen molar-refractivity contribution in [3.05, 3.63) is 29.8 Å². The van der Waals surface area contributed by atoms with Gasteiger partial charge in [-0.15, -0.1) is 0 Å². The van der Waals surface area contributed by atoms with Gasteiger partial charge < -0.3 is 15.3 Å². The molecule has 1 aromatic carbocycles. The van der Waals surface area contributed by atoms with Crippen molar-refractivity contribution < 1.29 is 5.11 Å². The summed E-state index contributed by atoms with van der Waals surface area (Å²) in [6, 6.07) is 8.48. The van der Waals surface area contributed by atoms with Crippen molar-refractivity contribution in [2.45, 2.75) is 46.1 Å². The second-order valence-corrected chi connectivity index (χ2v) is 6.35. The van der Waals surface area contributed by atoms with E-state index < -0.39 is 0 Å². The van der Waals surface area contributed by atoms with Gasteiger partial charge in [0.25, 0.3) is 0 Å². The molecule has 3 nitrogen and oxygen atoms in total. The summed E-state index contributed by atoms with van der Waals surface area (Å²) in [4.78, 5) is 2.23. The first kappa shape index (κ1) is 17.0. The van der Waals surface area contributed by atoms with Gasteiger partial charge in [-0.2, -0.15) is 0 Å². The first-order valence-corrected chi connectivity index (χ1v) is 7.61. The van der Waals surface area contributed by atoms with E-state index in [1.165, 1.54) is 5.56 Å². The van der Waals surface area contributed by atoms with E-state index in [-0.39, 0.29) is 11.5 Å². The molecule has 0 saturated heterocycles. The summed E-state index contributed by atoms with van der Waals surface area (Å²) in [5, 5.41) is 13.3. The molecule has 1 atom stereocenters. The molecule has 0 fully saturated rings. The minimum atomic E-state index is -0.336. The second kappa shape index (κ2) is 7.65. The number of rotatable bonds is 7. The number of aliphatic hydroxyl groups excluding tert-OH is 1. The fourth-order valence-corrected chi connectivity index (χ4v) is 2.17. The van der Waals surface area contributed by atoms with E-state index in [9.17, 15) is 5.11 Å². The van der Waals surface area contributed by atoms with Gasteiger partial charge >= 0.3 is 0 Å². The lowest BCUT2D eigenvalue weighted by Crippen LogP contribution is -2.35. The topological polar surface area (TPSA) is 35.5 Å². The molecule has 114 valence electrons. The summed E-state index contributed by atoms with van der Waals surface area (Å²) in [5.41, 5.74) is 2.57. The van der Waals surface area contributed by atoms with Crippen LogP contribution in [-0.4, -0.2) is 42.3 Å². The molecule has 0 bridgehead atoms. The summed E-state index contributed by atoms with van der Waals surface area (Å²) in [6.07, 6.45) is -0.336. The van der Waals surface area contributed by atoms with Crippen LogP contribution < -0.4 is 5.32 Å². The number of hydrogen-bond acceptors (Lipinski definition) is 3. The number of nitrogens with zero attached hydrogens (tertiary/aromatic N) is 1. The van der Waals surface area contributed by atoms with Crippen LogP contribution in [0.2, 0.25) is 0 Å². The highest BCUT2D eigenvalue weighted by Crippen LogP contribution is 2.23. The molecule has 0 radical (unpaired) electrons. The maximum atomic E-state index is 10.0.